The summed E-state index contributed by atoms with van der Waals surface area (Å²) in [6.45, 7) is 1.90. The Hall–Kier alpha value is -1.18. The molecule has 1 rings (SSSR count). The summed E-state index contributed by atoms with van der Waals surface area (Å²) in [5, 5.41) is 3.07. The predicted octanol–water partition coefficient (Wildman–Crippen LogP) is 2.65. The largest absolute Gasteiger partial charge is 0.706 e. The van der Waals surface area contributed by atoms with E-state index in [0.717, 1.165) is 5.56 Å². The molecule has 0 amide bonds. The van der Waals surface area contributed by atoms with Crippen molar-refractivity contribution >= 4 is 5.69 Å². The van der Waals surface area contributed by atoms with E-state index in [1.54, 1.807) is 6.07 Å². The molecule has 2 heteroatoms. The first kappa shape index (κ1) is 5.95. The van der Waals surface area contributed by atoms with Gasteiger partial charge in [0.05, 0.1) is 0 Å². The summed E-state index contributed by atoms with van der Waals surface area (Å²) in [5.41, 5.74) is 9.97. The van der Waals surface area contributed by atoms with Crippen molar-refractivity contribution in [3.05, 3.63) is 35.4 Å². The molecule has 0 bridgehead atoms. The van der Waals surface area contributed by atoms with Gasteiger partial charge in [-0.15, -0.1) is 0 Å². The zero-order chi connectivity index (χ0) is 6.69. The normalized spacial score (nSPS) is 9.00. The van der Waals surface area contributed by atoms with Crippen LogP contribution in [-0.4, -0.2) is 0 Å². The van der Waals surface area contributed by atoms with Crippen LogP contribution in [0, 0.1) is 6.92 Å². The number of benzene rings is 1. The fraction of sp³-hybridized carbons (Fsp3) is 0.143. The molecule has 0 spiro atoms. The van der Waals surface area contributed by atoms with Crippen molar-refractivity contribution in [2.24, 2.45) is 5.11 Å². The lowest BCUT2D eigenvalue weighted by molar-refractivity contribution is 1.39. The van der Waals surface area contributed by atoms with Crippen molar-refractivity contribution in [3.8, 4) is 0 Å². The Labute approximate surface area is 54.0 Å². The first-order chi connectivity index (χ1) is 4.34. The lowest BCUT2D eigenvalue weighted by Gasteiger charge is -1.99. The molecule has 0 aromatic heterocycles. The highest BCUT2D eigenvalue weighted by molar-refractivity contribution is 5.44. The molecule has 9 heavy (non-hydrogen) atoms. The zero-order valence-corrected chi connectivity index (χ0v) is 5.20. The Morgan fingerprint density at radius 3 is 2.44 bits per heavy atom. The summed E-state index contributed by atoms with van der Waals surface area (Å²) < 4.78 is 0. The molecule has 0 atom stereocenters. The van der Waals surface area contributed by atoms with Crippen molar-refractivity contribution in [3.63, 3.8) is 0 Å². The van der Waals surface area contributed by atoms with Crippen LogP contribution in [0.2, 0.25) is 0 Å². The third-order valence-electron chi connectivity index (χ3n) is 1.22. The van der Waals surface area contributed by atoms with Crippen LogP contribution < -0.4 is 0 Å². The van der Waals surface area contributed by atoms with E-state index < -0.39 is 0 Å². The van der Waals surface area contributed by atoms with Gasteiger partial charge in [-0.25, -0.2) is 0 Å². The van der Waals surface area contributed by atoms with E-state index in [9.17, 15) is 0 Å². The maximum Gasteiger partial charge on any atom is 0.0425 e. The summed E-state index contributed by atoms with van der Waals surface area (Å²) >= 11 is 0. The first-order valence-electron chi connectivity index (χ1n) is 2.75. The average Bonchev–Trinajstić information content (AvgIpc) is 1.89. The average molecular weight is 119 g/mol. The van der Waals surface area contributed by atoms with E-state index in [4.69, 9.17) is 5.53 Å². The predicted molar refractivity (Wildman–Crippen MR) is 36.6 cm³/mol. The van der Waals surface area contributed by atoms with Crippen molar-refractivity contribution < 1.29 is 0 Å². The fourth-order valence-electron chi connectivity index (χ4n) is 0.676. The van der Waals surface area contributed by atoms with Crippen molar-refractivity contribution in [1.29, 1.82) is 0 Å². The Balaban J connectivity index is 3.15. The maximum atomic E-state index is 8.34. The van der Waals surface area contributed by atoms with Crippen LogP contribution in [-0.2, 0) is 0 Å². The van der Waals surface area contributed by atoms with Gasteiger partial charge in [-0.2, -0.15) is 0 Å². The van der Waals surface area contributed by atoms with Gasteiger partial charge < -0.3 is 10.6 Å². The van der Waals surface area contributed by atoms with Crippen LogP contribution >= 0.6 is 0 Å². The van der Waals surface area contributed by atoms with E-state index in [1.165, 1.54) is 0 Å². The Morgan fingerprint density at radius 1 is 1.33 bits per heavy atom. The molecule has 0 heterocycles. The number of aryl methyl sites for hydroxylation is 1. The lowest BCUT2D eigenvalue weighted by Crippen LogP contribution is -1.68. The minimum atomic E-state index is 0.637. The van der Waals surface area contributed by atoms with Gasteiger partial charge in [0.1, 0.15) is 0 Å². The highest BCUT2D eigenvalue weighted by atomic mass is 15.0. The van der Waals surface area contributed by atoms with Crippen LogP contribution in [0.15, 0.2) is 29.4 Å². The highest BCUT2D eigenvalue weighted by Crippen LogP contribution is 2.15. The van der Waals surface area contributed by atoms with Crippen LogP contribution in [0.25, 0.3) is 5.53 Å². The molecule has 0 unspecified atom stereocenters. The molecule has 0 radical (unpaired) electrons. The minimum Gasteiger partial charge on any atom is -0.706 e. The molecule has 2 nitrogen and oxygen atoms in total. The van der Waals surface area contributed by atoms with Crippen LogP contribution in [0.3, 0.4) is 0 Å². The SMILES string of the molecule is Cc1ccccc1N=[N-]. The Bertz CT molecular complexity index is 218. The van der Waals surface area contributed by atoms with Gasteiger partial charge in [-0.05, 0) is 18.6 Å². The lowest BCUT2D eigenvalue weighted by atomic mass is 10.2. The molecule has 0 aliphatic carbocycles. The van der Waals surface area contributed by atoms with Crippen LogP contribution in [0.4, 0.5) is 5.69 Å². The van der Waals surface area contributed by atoms with Gasteiger partial charge in [-0.1, -0.05) is 18.2 Å². The van der Waals surface area contributed by atoms with E-state index >= 15 is 0 Å². The molecule has 0 saturated heterocycles. The van der Waals surface area contributed by atoms with Crippen molar-refractivity contribution in [2.45, 2.75) is 6.92 Å². The van der Waals surface area contributed by atoms with Gasteiger partial charge in [0.25, 0.3) is 0 Å². The highest BCUT2D eigenvalue weighted by Gasteiger charge is 1.86. The van der Waals surface area contributed by atoms with Gasteiger partial charge in [0, 0.05) is 5.69 Å². The summed E-state index contributed by atoms with van der Waals surface area (Å²) in [4.78, 5) is 0. The monoisotopic (exact) mass is 119 g/mol. The Kier molecular flexibility index (Phi) is 1.58. The molecular formula is C7H7N2-. The first-order valence-corrected chi connectivity index (χ1v) is 2.75. The second-order valence-corrected chi connectivity index (χ2v) is 1.89. The molecule has 0 N–H and O–H groups in total. The van der Waals surface area contributed by atoms with Gasteiger partial charge in [0.2, 0.25) is 0 Å². The molecule has 0 aliphatic rings. The van der Waals surface area contributed by atoms with Gasteiger partial charge in [0.15, 0.2) is 0 Å². The molecule has 1 aromatic carbocycles. The molecule has 1 aromatic rings. The number of nitrogens with zero attached hydrogens (tertiary/aromatic N) is 2. The van der Waals surface area contributed by atoms with E-state index in [2.05, 4.69) is 5.11 Å². The molecule has 0 aliphatic heterocycles. The number of hydrogen-bond donors (Lipinski definition) is 0. The summed E-state index contributed by atoms with van der Waals surface area (Å²) in [5.74, 6) is 0. The summed E-state index contributed by atoms with van der Waals surface area (Å²) in [6, 6.07) is 7.40. The quantitative estimate of drug-likeness (QED) is 0.509. The fourth-order valence-corrected chi connectivity index (χ4v) is 0.676. The second-order valence-electron chi connectivity index (χ2n) is 1.89. The molecular weight excluding hydrogens is 112 g/mol. The van der Waals surface area contributed by atoms with Crippen LogP contribution in [0.1, 0.15) is 5.56 Å². The third-order valence-corrected chi connectivity index (χ3v) is 1.22. The molecule has 0 saturated carbocycles. The zero-order valence-electron chi connectivity index (χ0n) is 5.20. The topological polar surface area (TPSA) is 34.7 Å². The van der Waals surface area contributed by atoms with Crippen molar-refractivity contribution in [1.82, 2.24) is 0 Å². The molecule has 0 fully saturated rings. The number of rotatable bonds is 1. The van der Waals surface area contributed by atoms with E-state index in [1.807, 2.05) is 25.1 Å². The van der Waals surface area contributed by atoms with Gasteiger partial charge >= 0.3 is 0 Å². The number of hydrogen-bond acceptors (Lipinski definition) is 1. The van der Waals surface area contributed by atoms with Crippen LogP contribution in [0.5, 0.6) is 0 Å². The smallest absolute Gasteiger partial charge is 0.0425 e. The minimum absolute atomic E-state index is 0.637. The standard InChI is InChI=1S/C7H7N2/c1-6-4-2-3-5-7(6)9-8/h2-5H,1H3/q-1. The summed E-state index contributed by atoms with van der Waals surface area (Å²) in [6.07, 6.45) is 0. The van der Waals surface area contributed by atoms with Gasteiger partial charge in [-0.3, -0.25) is 0 Å². The third kappa shape index (κ3) is 1.13. The van der Waals surface area contributed by atoms with Crippen molar-refractivity contribution in [2.75, 3.05) is 0 Å². The molecule has 46 valence electrons. The summed E-state index contributed by atoms with van der Waals surface area (Å²) in [7, 11) is 0. The van der Waals surface area contributed by atoms with E-state index in [-0.39, 0.29) is 0 Å². The Morgan fingerprint density at radius 2 is 2.00 bits per heavy atom. The second kappa shape index (κ2) is 2.40. The van der Waals surface area contributed by atoms with E-state index in [0.29, 0.717) is 5.69 Å². The maximum absolute atomic E-state index is 8.34.